The van der Waals surface area contributed by atoms with Crippen LogP contribution >= 0.6 is 11.3 Å². The van der Waals surface area contributed by atoms with Gasteiger partial charge in [0.15, 0.2) is 0 Å². The smallest absolute Gasteiger partial charge is 0.282 e. The molecule has 1 fully saturated rings. The summed E-state index contributed by atoms with van der Waals surface area (Å²) in [7, 11) is 0. The molecule has 0 saturated carbocycles. The number of hydrogen-bond donors (Lipinski definition) is 0. The lowest BCUT2D eigenvalue weighted by atomic mass is 10.1. The number of carbonyl (C=O) groups is 2. The summed E-state index contributed by atoms with van der Waals surface area (Å²) in [6, 6.07) is 11.0. The van der Waals surface area contributed by atoms with Crippen molar-refractivity contribution in [3.8, 4) is 5.75 Å². The number of imide groups is 1. The zero-order valence-electron chi connectivity index (χ0n) is 17.5. The zero-order valence-corrected chi connectivity index (χ0v) is 18.3. The highest BCUT2D eigenvalue weighted by Gasteiger charge is 2.45. The predicted octanol–water partition coefficient (Wildman–Crippen LogP) is 3.93. The van der Waals surface area contributed by atoms with Crippen LogP contribution in [0, 0.1) is 0 Å². The molecule has 2 atom stereocenters. The molecule has 0 spiro atoms. The lowest BCUT2D eigenvalue weighted by Crippen LogP contribution is -2.47. The van der Waals surface area contributed by atoms with Gasteiger partial charge in [0, 0.05) is 18.0 Å². The number of nitrogens with zero attached hydrogens (tertiary/aromatic N) is 2. The van der Waals surface area contributed by atoms with Crippen LogP contribution in [-0.4, -0.2) is 48.6 Å². The van der Waals surface area contributed by atoms with Crippen molar-refractivity contribution in [2.75, 3.05) is 24.6 Å². The molecule has 0 N–H and O–H groups in total. The van der Waals surface area contributed by atoms with E-state index in [9.17, 15) is 9.59 Å². The van der Waals surface area contributed by atoms with Gasteiger partial charge in [0.1, 0.15) is 11.4 Å². The van der Waals surface area contributed by atoms with Gasteiger partial charge >= 0.3 is 0 Å². The Kier molecular flexibility index (Phi) is 5.92. The number of hydrogen-bond acceptors (Lipinski definition) is 6. The van der Waals surface area contributed by atoms with Gasteiger partial charge in [0.05, 0.1) is 30.1 Å². The largest absolute Gasteiger partial charge is 0.491 e. The average Bonchev–Trinajstić information content (AvgIpc) is 3.32. The molecule has 2 aliphatic rings. The van der Waals surface area contributed by atoms with Gasteiger partial charge in [0.2, 0.25) is 0 Å². The maximum Gasteiger partial charge on any atom is 0.282 e. The van der Waals surface area contributed by atoms with Crippen LogP contribution in [0.15, 0.2) is 47.5 Å². The number of benzene rings is 1. The van der Waals surface area contributed by atoms with Crippen molar-refractivity contribution in [2.24, 2.45) is 0 Å². The molecule has 0 aliphatic carbocycles. The second-order valence-corrected chi connectivity index (χ2v) is 8.57. The first-order valence-corrected chi connectivity index (χ1v) is 11.2. The SMILES string of the molecule is CCCOc1ccccc1N1C(=O)C(c2cccs2)=C(N2CC(C)OC(C)C2)C1=O. The summed E-state index contributed by atoms with van der Waals surface area (Å²) in [5.41, 5.74) is 1.40. The van der Waals surface area contributed by atoms with E-state index in [-0.39, 0.29) is 24.0 Å². The Labute approximate surface area is 180 Å². The van der Waals surface area contributed by atoms with Gasteiger partial charge in [-0.3, -0.25) is 9.59 Å². The first kappa shape index (κ1) is 20.6. The highest BCUT2D eigenvalue weighted by Crippen LogP contribution is 2.40. The minimum absolute atomic E-state index is 0.0250. The first-order chi connectivity index (χ1) is 14.5. The van der Waals surface area contributed by atoms with Gasteiger partial charge in [-0.1, -0.05) is 25.1 Å². The maximum absolute atomic E-state index is 13.7. The molecule has 2 amide bonds. The second-order valence-electron chi connectivity index (χ2n) is 7.63. The van der Waals surface area contributed by atoms with Crippen molar-refractivity contribution in [1.29, 1.82) is 0 Å². The van der Waals surface area contributed by atoms with Crippen molar-refractivity contribution in [2.45, 2.75) is 39.4 Å². The van der Waals surface area contributed by atoms with Gasteiger partial charge in [-0.15, -0.1) is 11.3 Å². The fraction of sp³-hybridized carbons (Fsp3) is 0.391. The Bertz CT molecular complexity index is 959. The molecule has 2 aromatic rings. The molecule has 158 valence electrons. The first-order valence-electron chi connectivity index (χ1n) is 10.3. The number of rotatable bonds is 6. The Hall–Kier alpha value is -2.64. The topological polar surface area (TPSA) is 59.1 Å². The van der Waals surface area contributed by atoms with Crippen molar-refractivity contribution >= 4 is 34.4 Å². The number of anilines is 1. The summed E-state index contributed by atoms with van der Waals surface area (Å²) in [5, 5.41) is 1.92. The van der Waals surface area contributed by atoms with Crippen molar-refractivity contribution in [1.82, 2.24) is 4.90 Å². The summed E-state index contributed by atoms with van der Waals surface area (Å²) in [5.74, 6) is -0.0782. The van der Waals surface area contributed by atoms with Crippen LogP contribution in [0.25, 0.3) is 5.57 Å². The molecule has 1 aromatic carbocycles. The number of ether oxygens (including phenoxy) is 2. The molecule has 1 aromatic heterocycles. The zero-order chi connectivity index (χ0) is 21.3. The number of thiophene rings is 1. The van der Waals surface area contributed by atoms with Gasteiger partial charge < -0.3 is 14.4 Å². The summed E-state index contributed by atoms with van der Waals surface area (Å²) in [6.07, 6.45) is 0.787. The number of para-hydroxylation sites is 2. The molecule has 4 rings (SSSR count). The molecule has 2 aliphatic heterocycles. The second kappa shape index (κ2) is 8.62. The number of morpholine rings is 1. The molecule has 30 heavy (non-hydrogen) atoms. The van der Waals surface area contributed by atoms with E-state index >= 15 is 0 Å². The van der Waals surface area contributed by atoms with E-state index in [0.29, 0.717) is 42.4 Å². The van der Waals surface area contributed by atoms with Crippen LogP contribution in [-0.2, 0) is 14.3 Å². The van der Waals surface area contributed by atoms with E-state index in [0.717, 1.165) is 11.3 Å². The molecule has 2 unspecified atom stereocenters. The maximum atomic E-state index is 13.7. The van der Waals surface area contributed by atoms with E-state index in [1.165, 1.54) is 16.2 Å². The highest BCUT2D eigenvalue weighted by molar-refractivity contribution is 7.11. The van der Waals surface area contributed by atoms with Crippen LogP contribution in [0.5, 0.6) is 5.75 Å². The third-order valence-electron chi connectivity index (χ3n) is 5.13. The Morgan fingerprint density at radius 3 is 2.47 bits per heavy atom. The third kappa shape index (κ3) is 3.75. The van der Waals surface area contributed by atoms with Crippen LogP contribution in [0.3, 0.4) is 0 Å². The molecule has 0 radical (unpaired) electrons. The Morgan fingerprint density at radius 1 is 1.07 bits per heavy atom. The molecule has 7 heteroatoms. The summed E-state index contributed by atoms with van der Waals surface area (Å²) >= 11 is 1.46. The molecule has 1 saturated heterocycles. The normalized spacial score (nSPS) is 22.2. The number of amides is 2. The van der Waals surface area contributed by atoms with Gasteiger partial charge in [-0.2, -0.15) is 0 Å². The summed E-state index contributed by atoms with van der Waals surface area (Å²) in [6.45, 7) is 7.64. The van der Waals surface area contributed by atoms with E-state index in [1.807, 2.05) is 55.3 Å². The van der Waals surface area contributed by atoms with E-state index in [4.69, 9.17) is 9.47 Å². The van der Waals surface area contributed by atoms with Gasteiger partial charge in [0.25, 0.3) is 11.8 Å². The molecule has 6 nitrogen and oxygen atoms in total. The summed E-state index contributed by atoms with van der Waals surface area (Å²) in [4.78, 5) is 31.3. The van der Waals surface area contributed by atoms with Crippen LogP contribution in [0.2, 0.25) is 0 Å². The minimum Gasteiger partial charge on any atom is -0.491 e. The van der Waals surface area contributed by atoms with Crippen LogP contribution in [0.4, 0.5) is 5.69 Å². The van der Waals surface area contributed by atoms with E-state index in [2.05, 4.69) is 0 Å². The standard InChI is InChI=1S/C23H26N2O4S/c1-4-11-28-18-9-6-5-8-17(18)25-22(26)20(19-10-7-12-30-19)21(23(25)27)24-13-15(2)29-16(3)14-24/h5-10,12,15-16H,4,11,13-14H2,1-3H3. The highest BCUT2D eigenvalue weighted by atomic mass is 32.1. The molecule has 3 heterocycles. The van der Waals surface area contributed by atoms with E-state index < -0.39 is 0 Å². The van der Waals surface area contributed by atoms with Crippen molar-refractivity contribution in [3.05, 3.63) is 52.4 Å². The van der Waals surface area contributed by atoms with Crippen LogP contribution < -0.4 is 9.64 Å². The van der Waals surface area contributed by atoms with Crippen molar-refractivity contribution < 1.29 is 19.1 Å². The van der Waals surface area contributed by atoms with E-state index in [1.54, 1.807) is 12.1 Å². The fourth-order valence-electron chi connectivity index (χ4n) is 4.01. The lowest BCUT2D eigenvalue weighted by molar-refractivity contribution is -0.121. The molecular formula is C23H26N2O4S. The van der Waals surface area contributed by atoms with Gasteiger partial charge in [-0.05, 0) is 43.8 Å². The Morgan fingerprint density at radius 2 is 1.80 bits per heavy atom. The molecular weight excluding hydrogens is 400 g/mol. The summed E-state index contributed by atoms with van der Waals surface area (Å²) < 4.78 is 11.7. The molecule has 0 bridgehead atoms. The predicted molar refractivity (Wildman–Crippen MR) is 118 cm³/mol. The van der Waals surface area contributed by atoms with Crippen LogP contribution in [0.1, 0.15) is 32.1 Å². The fourth-order valence-corrected chi connectivity index (χ4v) is 4.77. The van der Waals surface area contributed by atoms with Gasteiger partial charge in [-0.25, -0.2) is 4.90 Å². The average molecular weight is 427 g/mol. The third-order valence-corrected chi connectivity index (χ3v) is 6.02. The van der Waals surface area contributed by atoms with Crippen molar-refractivity contribution in [3.63, 3.8) is 0 Å². The minimum atomic E-state index is -0.309. The number of carbonyl (C=O) groups excluding carboxylic acids is 2. The lowest BCUT2D eigenvalue weighted by Gasteiger charge is -2.37. The quantitative estimate of drug-likeness (QED) is 0.655. The monoisotopic (exact) mass is 426 g/mol. The Balaban J connectivity index is 1.78.